The Labute approximate surface area is 111 Å². The third-order valence-corrected chi connectivity index (χ3v) is 2.73. The second-order valence-corrected chi connectivity index (χ2v) is 3.90. The highest BCUT2D eigenvalue weighted by Gasteiger charge is 2.16. The lowest BCUT2D eigenvalue weighted by Crippen LogP contribution is -2.31. The summed E-state index contributed by atoms with van der Waals surface area (Å²) in [5.41, 5.74) is 0.176. The van der Waals surface area contributed by atoms with Gasteiger partial charge in [-0.15, -0.1) is 0 Å². The molecule has 0 aromatic heterocycles. The molecule has 0 spiro atoms. The summed E-state index contributed by atoms with van der Waals surface area (Å²) in [6.45, 7) is 2.44. The molecule has 0 saturated heterocycles. The van der Waals surface area contributed by atoms with E-state index in [-0.39, 0.29) is 23.8 Å². The first-order valence-electron chi connectivity index (χ1n) is 5.79. The number of hydrogen-bond donors (Lipinski definition) is 1. The number of methoxy groups -OCH3 is 1. The maximum absolute atomic E-state index is 11.6. The number of carbonyl (C=O) groups excluding carboxylic acids is 1. The third-order valence-electron chi connectivity index (χ3n) is 2.73. The number of likely N-dealkylation sites (N-methyl/N-ethyl adjacent to an activating group) is 1. The van der Waals surface area contributed by atoms with Gasteiger partial charge in [0, 0.05) is 25.7 Å². The molecule has 7 nitrogen and oxygen atoms in total. The van der Waals surface area contributed by atoms with Crippen LogP contribution in [0, 0.1) is 10.1 Å². The fourth-order valence-corrected chi connectivity index (χ4v) is 1.43. The minimum atomic E-state index is -0.504. The van der Waals surface area contributed by atoms with E-state index < -0.39 is 4.92 Å². The highest BCUT2D eigenvalue weighted by Crippen LogP contribution is 2.28. The van der Waals surface area contributed by atoms with Crippen LogP contribution in [0.2, 0.25) is 0 Å². The van der Waals surface area contributed by atoms with Crippen LogP contribution in [0.5, 0.6) is 5.75 Å². The summed E-state index contributed by atoms with van der Waals surface area (Å²) >= 11 is 0. The number of nitrogens with one attached hydrogen (secondary N) is 1. The molecule has 0 unspecified atom stereocenters. The molecule has 0 aliphatic rings. The summed E-state index contributed by atoms with van der Waals surface area (Å²) in [6, 6.07) is 4.34. The Morgan fingerprint density at radius 1 is 1.53 bits per heavy atom. The summed E-state index contributed by atoms with van der Waals surface area (Å²) in [5, 5.41) is 13.7. The molecule has 7 heteroatoms. The van der Waals surface area contributed by atoms with E-state index in [4.69, 9.17) is 4.74 Å². The van der Waals surface area contributed by atoms with E-state index in [1.165, 1.54) is 30.2 Å². The van der Waals surface area contributed by atoms with Crippen LogP contribution in [0.1, 0.15) is 6.92 Å². The van der Waals surface area contributed by atoms with Gasteiger partial charge in [-0.2, -0.15) is 0 Å². The van der Waals surface area contributed by atoms with E-state index in [0.29, 0.717) is 12.3 Å². The number of anilines is 1. The van der Waals surface area contributed by atoms with Gasteiger partial charge in [-0.25, -0.2) is 0 Å². The first kappa shape index (κ1) is 14.7. The second kappa shape index (κ2) is 6.58. The zero-order valence-electron chi connectivity index (χ0n) is 11.2. The summed E-state index contributed by atoms with van der Waals surface area (Å²) in [4.78, 5) is 23.6. The Morgan fingerprint density at radius 2 is 2.21 bits per heavy atom. The summed E-state index contributed by atoms with van der Waals surface area (Å²) < 4.78 is 5.01. The minimum absolute atomic E-state index is 0.00164. The molecular formula is C12H17N3O4. The Morgan fingerprint density at radius 3 is 2.74 bits per heavy atom. The molecule has 1 aromatic carbocycles. The standard InChI is InChI=1S/C12H17N3O4/c1-4-14(2)12(16)8-13-10-7-9(19-3)5-6-11(10)15(17)18/h5-7,13H,4,8H2,1-3H3. The Hall–Kier alpha value is -2.31. The SMILES string of the molecule is CCN(C)C(=O)CNc1cc(OC)ccc1[N+](=O)[O-]. The predicted molar refractivity (Wildman–Crippen MR) is 71.4 cm³/mol. The molecule has 0 saturated carbocycles. The van der Waals surface area contributed by atoms with Crippen molar-refractivity contribution in [1.82, 2.24) is 4.90 Å². The normalized spacial score (nSPS) is 9.84. The van der Waals surface area contributed by atoms with Crippen LogP contribution >= 0.6 is 0 Å². The fraction of sp³-hybridized carbons (Fsp3) is 0.417. The van der Waals surface area contributed by atoms with Crippen molar-refractivity contribution in [2.45, 2.75) is 6.92 Å². The lowest BCUT2D eigenvalue weighted by Gasteiger charge is -2.15. The molecule has 0 radical (unpaired) electrons. The van der Waals surface area contributed by atoms with E-state index in [0.717, 1.165) is 0 Å². The van der Waals surface area contributed by atoms with Gasteiger partial charge in [-0.3, -0.25) is 14.9 Å². The Bertz CT molecular complexity index is 476. The van der Waals surface area contributed by atoms with Crippen molar-refractivity contribution in [1.29, 1.82) is 0 Å². The lowest BCUT2D eigenvalue weighted by atomic mass is 10.2. The highest BCUT2D eigenvalue weighted by molar-refractivity contribution is 5.81. The smallest absolute Gasteiger partial charge is 0.292 e. The Kier molecular flexibility index (Phi) is 5.11. The number of carbonyl (C=O) groups is 1. The van der Waals surface area contributed by atoms with Crippen molar-refractivity contribution in [2.24, 2.45) is 0 Å². The van der Waals surface area contributed by atoms with E-state index in [1.54, 1.807) is 7.05 Å². The van der Waals surface area contributed by atoms with E-state index in [9.17, 15) is 14.9 Å². The van der Waals surface area contributed by atoms with Gasteiger partial charge in [0.2, 0.25) is 5.91 Å². The number of benzene rings is 1. The molecule has 19 heavy (non-hydrogen) atoms. The number of hydrogen-bond acceptors (Lipinski definition) is 5. The first-order valence-corrected chi connectivity index (χ1v) is 5.79. The molecule has 0 heterocycles. The van der Waals surface area contributed by atoms with Crippen LogP contribution in [-0.2, 0) is 4.79 Å². The minimum Gasteiger partial charge on any atom is -0.497 e. The van der Waals surface area contributed by atoms with Crippen molar-refractivity contribution < 1.29 is 14.5 Å². The van der Waals surface area contributed by atoms with Gasteiger partial charge in [-0.1, -0.05) is 0 Å². The van der Waals surface area contributed by atoms with E-state index in [1.807, 2.05) is 6.92 Å². The summed E-state index contributed by atoms with van der Waals surface area (Å²) in [5.74, 6) is 0.351. The molecule has 1 rings (SSSR count). The highest BCUT2D eigenvalue weighted by atomic mass is 16.6. The molecule has 1 aromatic rings. The number of rotatable bonds is 6. The number of nitro benzene ring substituents is 1. The molecule has 0 aliphatic heterocycles. The number of amides is 1. The van der Waals surface area contributed by atoms with Gasteiger partial charge < -0.3 is 15.0 Å². The zero-order valence-corrected chi connectivity index (χ0v) is 11.2. The van der Waals surface area contributed by atoms with Crippen molar-refractivity contribution in [3.63, 3.8) is 0 Å². The van der Waals surface area contributed by atoms with Gasteiger partial charge in [0.25, 0.3) is 5.69 Å². The maximum Gasteiger partial charge on any atom is 0.292 e. The molecule has 0 atom stereocenters. The van der Waals surface area contributed by atoms with Crippen molar-refractivity contribution in [3.05, 3.63) is 28.3 Å². The van der Waals surface area contributed by atoms with Crippen LogP contribution in [0.15, 0.2) is 18.2 Å². The van der Waals surface area contributed by atoms with Gasteiger partial charge >= 0.3 is 0 Å². The monoisotopic (exact) mass is 267 g/mol. The van der Waals surface area contributed by atoms with Crippen LogP contribution in [-0.4, -0.2) is 43.0 Å². The topological polar surface area (TPSA) is 84.7 Å². The fourth-order valence-electron chi connectivity index (χ4n) is 1.43. The lowest BCUT2D eigenvalue weighted by molar-refractivity contribution is -0.384. The molecule has 1 amide bonds. The Balaban J connectivity index is 2.86. The molecule has 1 N–H and O–H groups in total. The van der Waals surface area contributed by atoms with E-state index >= 15 is 0 Å². The van der Waals surface area contributed by atoms with Crippen molar-refractivity contribution in [2.75, 3.05) is 32.6 Å². The van der Waals surface area contributed by atoms with Crippen LogP contribution in [0.25, 0.3) is 0 Å². The van der Waals surface area contributed by atoms with Gasteiger partial charge in [0.1, 0.15) is 11.4 Å². The number of ether oxygens (including phenoxy) is 1. The quantitative estimate of drug-likeness (QED) is 0.623. The average Bonchev–Trinajstić information content (AvgIpc) is 2.43. The maximum atomic E-state index is 11.6. The van der Waals surface area contributed by atoms with Crippen LogP contribution in [0.3, 0.4) is 0 Å². The van der Waals surface area contributed by atoms with Crippen LogP contribution < -0.4 is 10.1 Å². The molecule has 104 valence electrons. The van der Waals surface area contributed by atoms with Crippen molar-refractivity contribution in [3.8, 4) is 5.75 Å². The third kappa shape index (κ3) is 3.84. The second-order valence-electron chi connectivity index (χ2n) is 3.90. The number of nitro groups is 1. The summed E-state index contributed by atoms with van der Waals surface area (Å²) in [6.07, 6.45) is 0. The molecule has 0 fully saturated rings. The largest absolute Gasteiger partial charge is 0.497 e. The predicted octanol–water partition coefficient (Wildman–Crippen LogP) is 1.49. The zero-order chi connectivity index (χ0) is 14.4. The van der Waals surface area contributed by atoms with Gasteiger partial charge in [-0.05, 0) is 13.0 Å². The molecule has 0 bridgehead atoms. The van der Waals surface area contributed by atoms with Crippen LogP contribution in [0.4, 0.5) is 11.4 Å². The summed E-state index contributed by atoms with van der Waals surface area (Å²) in [7, 11) is 3.14. The van der Waals surface area contributed by atoms with E-state index in [2.05, 4.69) is 5.32 Å². The number of nitrogens with zero attached hydrogens (tertiary/aromatic N) is 2. The van der Waals surface area contributed by atoms with Gasteiger partial charge in [0.15, 0.2) is 0 Å². The average molecular weight is 267 g/mol. The molecule has 0 aliphatic carbocycles. The molecular weight excluding hydrogens is 250 g/mol. The first-order chi connectivity index (χ1) is 8.99. The van der Waals surface area contributed by atoms with Gasteiger partial charge in [0.05, 0.1) is 18.6 Å². The van der Waals surface area contributed by atoms with Crippen molar-refractivity contribution >= 4 is 17.3 Å².